The van der Waals surface area contributed by atoms with Crippen molar-refractivity contribution in [1.82, 2.24) is 10.1 Å². The Labute approximate surface area is 100 Å². The highest BCUT2D eigenvalue weighted by Crippen LogP contribution is 2.33. The maximum Gasteiger partial charge on any atom is 0.339 e. The molecule has 0 fully saturated rings. The van der Waals surface area contributed by atoms with Gasteiger partial charge in [-0.25, -0.2) is 4.79 Å². The summed E-state index contributed by atoms with van der Waals surface area (Å²) < 4.78 is 4.75. The molecule has 18 heavy (non-hydrogen) atoms. The summed E-state index contributed by atoms with van der Waals surface area (Å²) in [4.78, 5) is 14.7. The van der Waals surface area contributed by atoms with E-state index < -0.39 is 11.7 Å². The molecule has 0 aliphatic rings. The number of aromatic hydroxyl groups is 2. The van der Waals surface area contributed by atoms with Crippen LogP contribution in [0.4, 0.5) is 0 Å². The molecule has 0 saturated carbocycles. The number of phenolic OH excluding ortho intramolecular Hbond substituents is 1. The lowest BCUT2D eigenvalue weighted by Crippen LogP contribution is -1.98. The van der Waals surface area contributed by atoms with E-state index in [1.165, 1.54) is 0 Å². The Bertz CT molecular complexity index is 608. The number of aromatic nitrogens is 2. The lowest BCUT2D eigenvalue weighted by atomic mass is 10.1. The van der Waals surface area contributed by atoms with Crippen LogP contribution in [0.5, 0.6) is 11.5 Å². The highest BCUT2D eigenvalue weighted by molar-refractivity contribution is 5.93. The zero-order valence-corrected chi connectivity index (χ0v) is 8.99. The Balaban J connectivity index is 2.56. The molecule has 0 radical (unpaired) electrons. The fourth-order valence-electron chi connectivity index (χ4n) is 1.37. The van der Waals surface area contributed by atoms with Gasteiger partial charge in [0.05, 0.1) is 12.1 Å². The molecular weight excluding hydrogens is 242 g/mol. The Kier molecular flexibility index (Phi) is 2.86. The topological polar surface area (TPSA) is 143 Å². The number of aromatic carboxylic acids is 1. The molecule has 8 heteroatoms. The lowest BCUT2D eigenvalue weighted by molar-refractivity contribution is 0.0694. The van der Waals surface area contributed by atoms with Crippen molar-refractivity contribution in [2.75, 3.05) is 0 Å². The van der Waals surface area contributed by atoms with Crippen molar-refractivity contribution in [2.45, 2.75) is 6.54 Å². The first-order chi connectivity index (χ1) is 8.52. The number of benzene rings is 1. The van der Waals surface area contributed by atoms with Gasteiger partial charge in [0, 0.05) is 6.07 Å². The number of nitrogens with two attached hydrogens (primary N) is 1. The number of phenols is 2. The van der Waals surface area contributed by atoms with Crippen molar-refractivity contribution in [3.63, 3.8) is 0 Å². The van der Waals surface area contributed by atoms with Gasteiger partial charge in [-0.3, -0.25) is 0 Å². The van der Waals surface area contributed by atoms with Crippen LogP contribution in [0, 0.1) is 0 Å². The van der Waals surface area contributed by atoms with Gasteiger partial charge < -0.3 is 25.6 Å². The van der Waals surface area contributed by atoms with Gasteiger partial charge in [-0.2, -0.15) is 4.98 Å². The molecule has 0 atom stereocenters. The van der Waals surface area contributed by atoms with Gasteiger partial charge in [-0.15, -0.1) is 0 Å². The quantitative estimate of drug-likeness (QED) is 0.610. The fraction of sp³-hybridized carbons (Fsp3) is 0.100. The Morgan fingerprint density at radius 1 is 1.33 bits per heavy atom. The highest BCUT2D eigenvalue weighted by atomic mass is 16.5. The number of carboxylic acids is 1. The maximum atomic E-state index is 10.9. The molecule has 0 aliphatic heterocycles. The molecule has 1 aromatic heterocycles. The molecule has 0 saturated heterocycles. The van der Waals surface area contributed by atoms with Gasteiger partial charge in [0.1, 0.15) is 17.1 Å². The van der Waals surface area contributed by atoms with E-state index in [1.54, 1.807) is 0 Å². The predicted molar refractivity (Wildman–Crippen MR) is 57.9 cm³/mol. The van der Waals surface area contributed by atoms with E-state index in [0.29, 0.717) is 0 Å². The third-order valence-corrected chi connectivity index (χ3v) is 2.23. The van der Waals surface area contributed by atoms with Gasteiger partial charge >= 0.3 is 5.97 Å². The van der Waals surface area contributed by atoms with Crippen LogP contribution in [0.2, 0.25) is 0 Å². The average Bonchev–Trinajstić information content (AvgIpc) is 2.77. The van der Waals surface area contributed by atoms with Crippen LogP contribution in [0.25, 0.3) is 11.4 Å². The van der Waals surface area contributed by atoms with Crippen LogP contribution in [0.1, 0.15) is 16.2 Å². The van der Waals surface area contributed by atoms with Crippen LogP contribution in [-0.4, -0.2) is 31.4 Å². The van der Waals surface area contributed by atoms with Crippen molar-refractivity contribution in [3.05, 3.63) is 23.6 Å². The van der Waals surface area contributed by atoms with Gasteiger partial charge in [0.15, 0.2) is 0 Å². The molecule has 0 unspecified atom stereocenters. The SMILES string of the molecule is NCc1nc(-c2cc(C(=O)O)c(O)cc2O)no1. The third-order valence-electron chi connectivity index (χ3n) is 2.23. The molecule has 0 aliphatic carbocycles. The van der Waals surface area contributed by atoms with E-state index in [2.05, 4.69) is 10.1 Å². The summed E-state index contributed by atoms with van der Waals surface area (Å²) in [5, 5.41) is 31.4. The zero-order valence-electron chi connectivity index (χ0n) is 8.99. The van der Waals surface area contributed by atoms with E-state index in [9.17, 15) is 15.0 Å². The summed E-state index contributed by atoms with van der Waals surface area (Å²) in [7, 11) is 0. The molecule has 2 aromatic rings. The predicted octanol–water partition coefficient (Wildman–Crippen LogP) is 0.305. The van der Waals surface area contributed by atoms with Crippen LogP contribution < -0.4 is 5.73 Å². The summed E-state index contributed by atoms with van der Waals surface area (Å²) in [5.74, 6) is -2.10. The van der Waals surface area contributed by atoms with Gasteiger partial charge in [0.2, 0.25) is 11.7 Å². The van der Waals surface area contributed by atoms with Gasteiger partial charge in [-0.1, -0.05) is 5.16 Å². The molecule has 5 N–H and O–H groups in total. The molecule has 0 bridgehead atoms. The second-order valence-corrected chi connectivity index (χ2v) is 3.41. The summed E-state index contributed by atoms with van der Waals surface area (Å²) >= 11 is 0. The largest absolute Gasteiger partial charge is 0.507 e. The number of rotatable bonds is 3. The smallest absolute Gasteiger partial charge is 0.339 e. The summed E-state index contributed by atoms with van der Waals surface area (Å²) in [6.45, 7) is 0.0254. The zero-order chi connectivity index (χ0) is 13.3. The second-order valence-electron chi connectivity index (χ2n) is 3.41. The molecule has 1 aromatic carbocycles. The lowest BCUT2D eigenvalue weighted by Gasteiger charge is -2.04. The van der Waals surface area contributed by atoms with Gasteiger partial charge in [0.25, 0.3) is 0 Å². The van der Waals surface area contributed by atoms with E-state index in [-0.39, 0.29) is 35.1 Å². The average molecular weight is 251 g/mol. The maximum absolute atomic E-state index is 10.9. The van der Waals surface area contributed by atoms with E-state index in [0.717, 1.165) is 12.1 Å². The van der Waals surface area contributed by atoms with Crippen LogP contribution in [-0.2, 0) is 6.54 Å². The molecule has 1 heterocycles. The molecule has 8 nitrogen and oxygen atoms in total. The van der Waals surface area contributed by atoms with Crippen LogP contribution in [0.3, 0.4) is 0 Å². The van der Waals surface area contributed by atoms with Gasteiger partial charge in [-0.05, 0) is 6.07 Å². The van der Waals surface area contributed by atoms with Crippen LogP contribution in [0.15, 0.2) is 16.7 Å². The summed E-state index contributed by atoms with van der Waals surface area (Å²) in [6, 6.07) is 1.95. The van der Waals surface area contributed by atoms with Crippen molar-refractivity contribution >= 4 is 5.97 Å². The number of carboxylic acid groups (broad SMARTS) is 1. The minimum Gasteiger partial charge on any atom is -0.507 e. The molecule has 0 spiro atoms. The molecular formula is C10H9N3O5. The monoisotopic (exact) mass is 251 g/mol. The number of carbonyl (C=O) groups is 1. The Morgan fingerprint density at radius 3 is 2.61 bits per heavy atom. The standard InChI is InChI=1S/C10H9N3O5/c11-3-8-12-9(13-18-8)4-1-5(10(16)17)7(15)2-6(4)14/h1-2,14-15H,3,11H2,(H,16,17). The minimum atomic E-state index is -1.34. The van der Waals surface area contributed by atoms with Crippen LogP contribution >= 0.6 is 0 Å². The summed E-state index contributed by atoms with van der Waals surface area (Å²) in [6.07, 6.45) is 0. The normalized spacial score (nSPS) is 10.5. The third kappa shape index (κ3) is 1.96. The number of hydrogen-bond donors (Lipinski definition) is 4. The first-order valence-corrected chi connectivity index (χ1v) is 4.85. The van der Waals surface area contributed by atoms with Crippen molar-refractivity contribution < 1.29 is 24.6 Å². The molecule has 2 rings (SSSR count). The minimum absolute atomic E-state index is 0.00421. The van der Waals surface area contributed by atoms with Crippen molar-refractivity contribution in [1.29, 1.82) is 0 Å². The second kappa shape index (κ2) is 4.34. The van der Waals surface area contributed by atoms with Crippen molar-refractivity contribution in [3.8, 4) is 22.9 Å². The number of hydrogen-bond acceptors (Lipinski definition) is 7. The van der Waals surface area contributed by atoms with Crippen molar-refractivity contribution in [2.24, 2.45) is 5.73 Å². The molecule has 0 amide bonds. The molecule has 94 valence electrons. The number of nitrogens with zero attached hydrogens (tertiary/aromatic N) is 2. The van der Waals surface area contributed by atoms with E-state index >= 15 is 0 Å². The first kappa shape index (κ1) is 11.9. The first-order valence-electron chi connectivity index (χ1n) is 4.85. The fourth-order valence-corrected chi connectivity index (χ4v) is 1.37. The Hall–Kier alpha value is -2.61. The van der Waals surface area contributed by atoms with E-state index in [4.69, 9.17) is 15.4 Å². The summed E-state index contributed by atoms with van der Waals surface area (Å²) in [5.41, 5.74) is 4.95. The van der Waals surface area contributed by atoms with E-state index in [1.807, 2.05) is 0 Å². The Morgan fingerprint density at radius 2 is 2.06 bits per heavy atom. The highest BCUT2D eigenvalue weighted by Gasteiger charge is 2.18.